The first kappa shape index (κ1) is 19.7. The van der Waals surface area contributed by atoms with Gasteiger partial charge in [0.15, 0.2) is 0 Å². The lowest BCUT2D eigenvalue weighted by Gasteiger charge is -2.12. The van der Waals surface area contributed by atoms with Crippen molar-refractivity contribution in [3.8, 4) is 0 Å². The molecule has 0 unspecified atom stereocenters. The van der Waals surface area contributed by atoms with Crippen molar-refractivity contribution in [3.63, 3.8) is 0 Å². The average Bonchev–Trinajstić information content (AvgIpc) is 2.39. The first-order valence-electron chi connectivity index (χ1n) is 6.52. The monoisotopic (exact) mass is 335 g/mol. The minimum atomic E-state index is -3.41. The van der Waals surface area contributed by atoms with Crippen LogP contribution in [0, 0.1) is 0 Å². The molecule has 21 heavy (non-hydrogen) atoms. The molecule has 0 bridgehead atoms. The van der Waals surface area contributed by atoms with Gasteiger partial charge in [-0.1, -0.05) is 19.1 Å². The Kier molecular flexibility index (Phi) is 9.00. The molecule has 6 nitrogen and oxygen atoms in total. The summed E-state index contributed by atoms with van der Waals surface area (Å²) in [5.74, 6) is -0.266. The van der Waals surface area contributed by atoms with Gasteiger partial charge in [-0.2, -0.15) is 0 Å². The van der Waals surface area contributed by atoms with Crippen molar-refractivity contribution in [2.75, 3.05) is 30.6 Å². The van der Waals surface area contributed by atoms with Crippen molar-refractivity contribution in [3.05, 3.63) is 29.8 Å². The third kappa shape index (κ3) is 6.79. The molecule has 0 saturated heterocycles. The first-order valence-corrected chi connectivity index (χ1v) is 8.17. The van der Waals surface area contributed by atoms with E-state index in [4.69, 9.17) is 0 Å². The zero-order valence-corrected chi connectivity index (χ0v) is 13.8. The molecule has 0 atom stereocenters. The second-order valence-electron chi connectivity index (χ2n) is 4.33. The van der Waals surface area contributed by atoms with Crippen LogP contribution in [-0.2, 0) is 10.0 Å². The molecule has 0 aromatic heterocycles. The Balaban J connectivity index is 0.00000400. The number of halogens is 1. The van der Waals surface area contributed by atoms with Crippen molar-refractivity contribution in [1.82, 2.24) is 10.6 Å². The van der Waals surface area contributed by atoms with Crippen molar-refractivity contribution < 1.29 is 13.2 Å². The quantitative estimate of drug-likeness (QED) is 0.623. The normalized spacial score (nSPS) is 10.6. The average molecular weight is 336 g/mol. The summed E-state index contributed by atoms with van der Waals surface area (Å²) >= 11 is 0. The van der Waals surface area contributed by atoms with Gasteiger partial charge in [0, 0.05) is 13.1 Å². The fourth-order valence-corrected chi connectivity index (χ4v) is 2.81. The highest BCUT2D eigenvalue weighted by Gasteiger charge is 2.15. The molecular weight excluding hydrogens is 314 g/mol. The Bertz CT molecular complexity index is 549. The smallest absolute Gasteiger partial charge is 0.253 e. The van der Waals surface area contributed by atoms with Crippen LogP contribution in [-0.4, -0.2) is 40.2 Å². The zero-order valence-electron chi connectivity index (χ0n) is 12.2. The molecule has 0 aliphatic carbocycles. The molecule has 3 N–H and O–H groups in total. The van der Waals surface area contributed by atoms with Gasteiger partial charge in [0.25, 0.3) is 5.91 Å². The summed E-state index contributed by atoms with van der Waals surface area (Å²) in [5, 5.41) is 5.64. The van der Waals surface area contributed by atoms with Crippen LogP contribution in [0.3, 0.4) is 0 Å². The molecule has 1 aromatic rings. The summed E-state index contributed by atoms with van der Waals surface area (Å²) in [7, 11) is -1.62. The van der Waals surface area contributed by atoms with E-state index in [1.165, 1.54) is 0 Å². The number of anilines is 1. The molecule has 0 saturated carbocycles. The Hall–Kier alpha value is -1.31. The molecular formula is C13H22ClN3O3S. The van der Waals surface area contributed by atoms with Gasteiger partial charge < -0.3 is 10.6 Å². The number of carbonyl (C=O) groups is 1. The molecule has 1 amide bonds. The number of hydrogen-bond donors (Lipinski definition) is 3. The van der Waals surface area contributed by atoms with Gasteiger partial charge in [-0.25, -0.2) is 8.42 Å². The van der Waals surface area contributed by atoms with Gasteiger partial charge in [0.05, 0.1) is 17.0 Å². The molecule has 8 heteroatoms. The maximum Gasteiger partial charge on any atom is 0.253 e. The number of likely N-dealkylation sites (N-methyl/N-ethyl adjacent to an activating group) is 1. The molecule has 0 radical (unpaired) electrons. The number of hydrogen-bond acceptors (Lipinski definition) is 4. The molecule has 1 rings (SSSR count). The number of rotatable bonds is 8. The lowest BCUT2D eigenvalue weighted by Crippen LogP contribution is -2.31. The predicted molar refractivity (Wildman–Crippen MR) is 87.7 cm³/mol. The molecule has 0 aliphatic heterocycles. The Morgan fingerprint density at radius 1 is 1.19 bits per heavy atom. The van der Waals surface area contributed by atoms with E-state index in [0.717, 1.165) is 0 Å². The number of amides is 1. The molecule has 0 spiro atoms. The summed E-state index contributed by atoms with van der Waals surface area (Å²) in [6.07, 6.45) is 0.520. The maximum absolute atomic E-state index is 12.0. The third-order valence-electron chi connectivity index (χ3n) is 2.57. The summed E-state index contributed by atoms with van der Waals surface area (Å²) in [5.41, 5.74) is 0.631. The van der Waals surface area contributed by atoms with E-state index in [1.807, 2.05) is 0 Å². The van der Waals surface area contributed by atoms with Crippen LogP contribution in [0.25, 0.3) is 0 Å². The largest absolute Gasteiger partial charge is 0.351 e. The van der Waals surface area contributed by atoms with Crippen LogP contribution >= 0.6 is 12.4 Å². The van der Waals surface area contributed by atoms with Gasteiger partial charge in [-0.3, -0.25) is 9.52 Å². The van der Waals surface area contributed by atoms with Crippen LogP contribution in [0.4, 0.5) is 5.69 Å². The lowest BCUT2D eigenvalue weighted by atomic mass is 10.1. The van der Waals surface area contributed by atoms with E-state index < -0.39 is 10.0 Å². The van der Waals surface area contributed by atoms with Crippen molar-refractivity contribution in [2.45, 2.75) is 13.3 Å². The van der Waals surface area contributed by atoms with Gasteiger partial charge in [-0.05, 0) is 25.6 Å². The van der Waals surface area contributed by atoms with Crippen LogP contribution < -0.4 is 15.4 Å². The molecule has 0 aliphatic rings. The maximum atomic E-state index is 12.0. The fourth-order valence-electron chi connectivity index (χ4n) is 1.65. The minimum absolute atomic E-state index is 0. The number of sulfonamides is 1. The van der Waals surface area contributed by atoms with Crippen LogP contribution in [0.2, 0.25) is 0 Å². The van der Waals surface area contributed by atoms with E-state index in [0.29, 0.717) is 30.8 Å². The van der Waals surface area contributed by atoms with E-state index >= 15 is 0 Å². The van der Waals surface area contributed by atoms with Crippen molar-refractivity contribution in [2.24, 2.45) is 0 Å². The number of benzene rings is 1. The van der Waals surface area contributed by atoms with Crippen molar-refractivity contribution >= 4 is 34.0 Å². The predicted octanol–water partition coefficient (Wildman–Crippen LogP) is 1.21. The SMILES string of the molecule is CCCS(=O)(=O)Nc1ccccc1C(=O)NCCNC.Cl. The highest BCUT2D eigenvalue weighted by molar-refractivity contribution is 7.92. The van der Waals surface area contributed by atoms with Crippen LogP contribution in [0.15, 0.2) is 24.3 Å². The van der Waals surface area contributed by atoms with Crippen LogP contribution in [0.5, 0.6) is 0 Å². The van der Waals surface area contributed by atoms with Gasteiger partial charge >= 0.3 is 0 Å². The summed E-state index contributed by atoms with van der Waals surface area (Å²) < 4.78 is 26.0. The lowest BCUT2D eigenvalue weighted by molar-refractivity contribution is 0.0955. The molecule has 0 fully saturated rings. The second kappa shape index (κ2) is 9.59. The summed E-state index contributed by atoms with van der Waals surface area (Å²) in [6, 6.07) is 6.57. The zero-order chi connectivity index (χ0) is 15.0. The van der Waals surface area contributed by atoms with E-state index in [1.54, 1.807) is 38.2 Å². The molecule has 120 valence electrons. The third-order valence-corrected chi connectivity index (χ3v) is 4.05. The molecule has 1 aromatic carbocycles. The minimum Gasteiger partial charge on any atom is -0.351 e. The fraction of sp³-hybridized carbons (Fsp3) is 0.462. The standard InChI is InChI=1S/C13H21N3O3S.ClH/c1-3-10-20(18,19)16-12-7-5-4-6-11(12)13(17)15-9-8-14-2;/h4-7,14,16H,3,8-10H2,1-2H3,(H,15,17);1H. The van der Waals surface area contributed by atoms with E-state index in [-0.39, 0.29) is 24.1 Å². The summed E-state index contributed by atoms with van der Waals surface area (Å²) in [4.78, 5) is 12.0. The highest BCUT2D eigenvalue weighted by Crippen LogP contribution is 2.16. The van der Waals surface area contributed by atoms with E-state index in [9.17, 15) is 13.2 Å². The first-order chi connectivity index (χ1) is 9.50. The summed E-state index contributed by atoms with van der Waals surface area (Å²) in [6.45, 7) is 2.91. The van der Waals surface area contributed by atoms with Gasteiger partial charge in [0.2, 0.25) is 10.0 Å². The second-order valence-corrected chi connectivity index (χ2v) is 6.17. The number of nitrogens with one attached hydrogen (secondary N) is 3. The molecule has 0 heterocycles. The van der Waals surface area contributed by atoms with Crippen molar-refractivity contribution in [1.29, 1.82) is 0 Å². The van der Waals surface area contributed by atoms with E-state index in [2.05, 4.69) is 15.4 Å². The Labute approximate surface area is 132 Å². The number of carbonyl (C=O) groups excluding carboxylic acids is 1. The van der Waals surface area contributed by atoms with Crippen LogP contribution in [0.1, 0.15) is 23.7 Å². The topological polar surface area (TPSA) is 87.3 Å². The highest BCUT2D eigenvalue weighted by atomic mass is 35.5. The van der Waals surface area contributed by atoms with Gasteiger partial charge in [0.1, 0.15) is 0 Å². The van der Waals surface area contributed by atoms with Gasteiger partial charge in [-0.15, -0.1) is 12.4 Å². The Morgan fingerprint density at radius 3 is 2.48 bits per heavy atom. The number of para-hydroxylation sites is 1. The Morgan fingerprint density at radius 2 is 1.86 bits per heavy atom.